The normalized spacial score (nSPS) is 25.5. The molecule has 1 aromatic carbocycles. The Balaban J connectivity index is 1.49. The number of carbonyl (C=O) groups is 1. The number of piperidine rings is 1. The van der Waals surface area contributed by atoms with E-state index in [1.807, 2.05) is 30.3 Å². The lowest BCUT2D eigenvalue weighted by atomic mass is 9.91. The summed E-state index contributed by atoms with van der Waals surface area (Å²) in [4.78, 5) is 12.5. The highest BCUT2D eigenvalue weighted by Crippen LogP contribution is 2.23. The summed E-state index contributed by atoms with van der Waals surface area (Å²) in [5.41, 5.74) is 0.841. The van der Waals surface area contributed by atoms with Crippen LogP contribution < -0.4 is 5.32 Å². The van der Waals surface area contributed by atoms with Crippen LogP contribution in [0, 0.1) is 5.92 Å². The molecule has 1 saturated heterocycles. The zero-order valence-corrected chi connectivity index (χ0v) is 16.3. The number of hydrogen-bond acceptors (Lipinski definition) is 4. The molecule has 0 bridgehead atoms. The minimum atomic E-state index is -3.47. The summed E-state index contributed by atoms with van der Waals surface area (Å²) in [5.74, 6) is -0.116. The molecular weight excluding hydrogens is 364 g/mol. The molecule has 27 heavy (non-hydrogen) atoms. The fourth-order valence-electron chi connectivity index (χ4n) is 3.73. The van der Waals surface area contributed by atoms with E-state index >= 15 is 0 Å². The van der Waals surface area contributed by atoms with Crippen molar-refractivity contribution in [1.82, 2.24) is 9.62 Å². The summed E-state index contributed by atoms with van der Waals surface area (Å²) in [5, 5.41) is 13.9. The van der Waals surface area contributed by atoms with Gasteiger partial charge in [0.2, 0.25) is 15.9 Å². The van der Waals surface area contributed by atoms with Gasteiger partial charge in [-0.25, -0.2) is 8.42 Å². The van der Waals surface area contributed by atoms with Crippen LogP contribution in [-0.2, 0) is 14.8 Å². The smallest absolute Gasteiger partial charge is 0.236 e. The van der Waals surface area contributed by atoms with Crippen molar-refractivity contribution in [2.24, 2.45) is 5.92 Å². The van der Waals surface area contributed by atoms with Crippen molar-refractivity contribution in [2.45, 2.75) is 50.7 Å². The predicted octanol–water partition coefficient (Wildman–Crippen LogP) is 2.12. The second-order valence-corrected chi connectivity index (χ2v) is 9.26. The lowest BCUT2D eigenvalue weighted by molar-refractivity contribution is -0.127. The van der Waals surface area contributed by atoms with Crippen molar-refractivity contribution in [3.05, 3.63) is 41.3 Å². The molecule has 2 N–H and O–H groups in total. The largest absolute Gasteiger partial charge is 0.393 e. The molecule has 0 unspecified atom stereocenters. The van der Waals surface area contributed by atoms with Crippen molar-refractivity contribution < 1.29 is 18.3 Å². The van der Waals surface area contributed by atoms with Crippen molar-refractivity contribution in [1.29, 1.82) is 0 Å². The molecule has 148 valence electrons. The molecule has 2 fully saturated rings. The van der Waals surface area contributed by atoms with Gasteiger partial charge in [-0.05, 0) is 50.2 Å². The molecular formula is C20H28N2O4S. The van der Waals surface area contributed by atoms with Crippen LogP contribution in [0.4, 0.5) is 0 Å². The zero-order chi connectivity index (χ0) is 19.3. The number of carbonyl (C=O) groups excluding carboxylic acids is 1. The van der Waals surface area contributed by atoms with Crippen LogP contribution in [-0.4, -0.2) is 49.0 Å². The Labute approximate surface area is 161 Å². The molecule has 1 heterocycles. The van der Waals surface area contributed by atoms with Gasteiger partial charge in [0.25, 0.3) is 0 Å². The third-order valence-electron chi connectivity index (χ3n) is 5.46. The van der Waals surface area contributed by atoms with Gasteiger partial charge in [-0.15, -0.1) is 0 Å². The average molecular weight is 393 g/mol. The second kappa shape index (κ2) is 8.99. The van der Waals surface area contributed by atoms with Gasteiger partial charge in [-0.2, -0.15) is 4.31 Å². The Kier molecular flexibility index (Phi) is 6.68. The molecule has 7 heteroatoms. The molecule has 1 aromatic rings. The van der Waals surface area contributed by atoms with Gasteiger partial charge in [0.05, 0.1) is 6.10 Å². The average Bonchev–Trinajstić information content (AvgIpc) is 2.69. The van der Waals surface area contributed by atoms with Gasteiger partial charge in [-0.1, -0.05) is 30.3 Å². The molecule has 0 spiro atoms. The van der Waals surface area contributed by atoms with Gasteiger partial charge in [-0.3, -0.25) is 4.79 Å². The molecule has 1 aliphatic carbocycles. The molecule has 1 amide bonds. The quantitative estimate of drug-likeness (QED) is 0.804. The third kappa shape index (κ3) is 5.64. The lowest BCUT2D eigenvalue weighted by Gasteiger charge is -2.32. The third-order valence-corrected chi connectivity index (χ3v) is 7.02. The summed E-state index contributed by atoms with van der Waals surface area (Å²) >= 11 is 0. The molecule has 2 aliphatic rings. The van der Waals surface area contributed by atoms with Crippen molar-refractivity contribution in [3.8, 4) is 0 Å². The highest BCUT2D eigenvalue weighted by atomic mass is 32.2. The summed E-state index contributed by atoms with van der Waals surface area (Å²) in [6, 6.07) is 9.46. The van der Waals surface area contributed by atoms with Gasteiger partial charge < -0.3 is 10.4 Å². The number of hydrogen-bond donors (Lipinski definition) is 2. The van der Waals surface area contributed by atoms with Crippen LogP contribution in [0.3, 0.4) is 0 Å². The highest BCUT2D eigenvalue weighted by molar-refractivity contribution is 7.92. The Morgan fingerprint density at radius 1 is 1.04 bits per heavy atom. The predicted molar refractivity (Wildman–Crippen MR) is 105 cm³/mol. The van der Waals surface area contributed by atoms with E-state index in [0.29, 0.717) is 25.9 Å². The van der Waals surface area contributed by atoms with E-state index in [-0.39, 0.29) is 24.0 Å². The van der Waals surface area contributed by atoms with Crippen molar-refractivity contribution in [3.63, 3.8) is 0 Å². The lowest BCUT2D eigenvalue weighted by Crippen LogP contribution is -2.46. The maximum absolute atomic E-state index is 12.5. The van der Waals surface area contributed by atoms with Crippen LogP contribution in [0.1, 0.15) is 44.1 Å². The number of benzene rings is 1. The minimum Gasteiger partial charge on any atom is -0.393 e. The van der Waals surface area contributed by atoms with Crippen LogP contribution >= 0.6 is 0 Å². The molecule has 6 nitrogen and oxygen atoms in total. The topological polar surface area (TPSA) is 86.7 Å². The molecule has 0 aromatic heterocycles. The maximum atomic E-state index is 12.5. The van der Waals surface area contributed by atoms with E-state index in [0.717, 1.165) is 31.2 Å². The fourth-order valence-corrected chi connectivity index (χ4v) is 4.95. The summed E-state index contributed by atoms with van der Waals surface area (Å²) in [6.07, 6.45) is 5.53. The molecule has 1 saturated carbocycles. The number of sulfonamides is 1. The Hall–Kier alpha value is -1.70. The number of aliphatic hydroxyl groups is 1. The molecule has 1 aliphatic heterocycles. The minimum absolute atomic E-state index is 0.0215. The first-order chi connectivity index (χ1) is 12.9. The molecule has 0 atom stereocenters. The number of amides is 1. The fraction of sp³-hybridized carbons (Fsp3) is 0.550. The number of rotatable bonds is 5. The standard InChI is InChI=1S/C20H28N2O4S/c23-19-8-6-18(7-9-19)21-20(24)17-10-13-22(14-11-17)27(25,26)15-12-16-4-2-1-3-5-16/h1-5,12,15,17-19,23H,6-11,13-14H2,(H,21,24). The van der Waals surface area contributed by atoms with Crippen LogP contribution in [0.5, 0.6) is 0 Å². The van der Waals surface area contributed by atoms with E-state index in [2.05, 4.69) is 5.32 Å². The van der Waals surface area contributed by atoms with Gasteiger partial charge in [0.15, 0.2) is 0 Å². The highest BCUT2D eigenvalue weighted by Gasteiger charge is 2.31. The Morgan fingerprint density at radius 2 is 1.67 bits per heavy atom. The van der Waals surface area contributed by atoms with Gasteiger partial charge >= 0.3 is 0 Å². The second-order valence-electron chi connectivity index (χ2n) is 7.45. The van der Waals surface area contributed by atoms with Crippen molar-refractivity contribution in [2.75, 3.05) is 13.1 Å². The van der Waals surface area contributed by atoms with E-state index in [9.17, 15) is 18.3 Å². The summed E-state index contributed by atoms with van der Waals surface area (Å²) in [7, 11) is -3.47. The van der Waals surface area contributed by atoms with Crippen LogP contribution in [0.2, 0.25) is 0 Å². The van der Waals surface area contributed by atoms with Crippen LogP contribution in [0.25, 0.3) is 6.08 Å². The summed E-state index contributed by atoms with van der Waals surface area (Å²) < 4.78 is 26.4. The van der Waals surface area contributed by atoms with Crippen molar-refractivity contribution >= 4 is 22.0 Å². The van der Waals surface area contributed by atoms with Crippen LogP contribution in [0.15, 0.2) is 35.7 Å². The number of aliphatic hydroxyl groups excluding tert-OH is 1. The Bertz CT molecular complexity index is 747. The van der Waals surface area contributed by atoms with E-state index in [1.165, 1.54) is 9.71 Å². The first-order valence-corrected chi connectivity index (χ1v) is 11.2. The summed E-state index contributed by atoms with van der Waals surface area (Å²) in [6.45, 7) is 0.728. The first-order valence-electron chi connectivity index (χ1n) is 9.66. The number of nitrogens with one attached hydrogen (secondary N) is 1. The SMILES string of the molecule is O=C(NC1CCC(O)CC1)C1CCN(S(=O)(=O)C=Cc2ccccc2)CC1. The molecule has 0 radical (unpaired) electrons. The van der Waals surface area contributed by atoms with E-state index < -0.39 is 10.0 Å². The Morgan fingerprint density at radius 3 is 2.30 bits per heavy atom. The van der Waals surface area contributed by atoms with E-state index in [1.54, 1.807) is 6.08 Å². The first kappa shape index (κ1) is 20.0. The number of nitrogens with zero attached hydrogens (tertiary/aromatic N) is 1. The monoisotopic (exact) mass is 392 g/mol. The van der Waals surface area contributed by atoms with Gasteiger partial charge in [0.1, 0.15) is 0 Å². The maximum Gasteiger partial charge on any atom is 0.236 e. The molecule has 3 rings (SSSR count). The van der Waals surface area contributed by atoms with Gasteiger partial charge in [0, 0.05) is 30.5 Å². The zero-order valence-electron chi connectivity index (χ0n) is 15.5. The van der Waals surface area contributed by atoms with E-state index in [4.69, 9.17) is 0 Å².